The Balaban J connectivity index is 2.56. The van der Waals surface area contributed by atoms with Crippen LogP contribution < -0.4 is 5.73 Å². The fraction of sp³-hybridized carbons (Fsp3) is 0.533. The number of amides is 1. The van der Waals surface area contributed by atoms with Crippen LogP contribution in [-0.4, -0.2) is 29.9 Å². The fourth-order valence-electron chi connectivity index (χ4n) is 1.85. The van der Waals surface area contributed by atoms with E-state index in [0.717, 1.165) is 10.9 Å². The van der Waals surface area contributed by atoms with Crippen molar-refractivity contribution in [1.82, 2.24) is 4.90 Å². The highest BCUT2D eigenvalue weighted by molar-refractivity contribution is 9.10. The smallest absolute Gasteiger partial charge is 0.224 e. The van der Waals surface area contributed by atoms with Gasteiger partial charge in [-0.3, -0.25) is 4.79 Å². The van der Waals surface area contributed by atoms with Crippen LogP contribution in [0.4, 0.5) is 0 Å². The Kier molecular flexibility index (Phi) is 5.56. The molecule has 0 aliphatic carbocycles. The van der Waals surface area contributed by atoms with Crippen LogP contribution in [0.5, 0.6) is 0 Å². The first-order chi connectivity index (χ1) is 8.69. The molecule has 0 unspecified atom stereocenters. The number of hydrogen-bond acceptors (Lipinski definition) is 2. The molecule has 4 heteroatoms. The Labute approximate surface area is 124 Å². The highest BCUT2D eigenvalue weighted by atomic mass is 79.9. The predicted molar refractivity (Wildman–Crippen MR) is 83.1 cm³/mol. The zero-order valence-corrected chi connectivity index (χ0v) is 13.8. The second-order valence-electron chi connectivity index (χ2n) is 5.80. The maximum Gasteiger partial charge on any atom is 0.224 e. The van der Waals surface area contributed by atoms with E-state index in [4.69, 9.17) is 5.73 Å². The van der Waals surface area contributed by atoms with Crippen LogP contribution in [0.15, 0.2) is 22.7 Å². The SMILES string of the molecule is Cc1ccc(Br)cc1CCN(C)C(=O)CC(C)(C)N. The van der Waals surface area contributed by atoms with Gasteiger partial charge in [-0.25, -0.2) is 0 Å². The molecule has 1 aromatic rings. The Bertz CT molecular complexity index is 452. The van der Waals surface area contributed by atoms with Gasteiger partial charge in [-0.05, 0) is 50.5 Å². The number of halogens is 1. The third kappa shape index (κ3) is 5.74. The van der Waals surface area contributed by atoms with Crippen molar-refractivity contribution in [2.24, 2.45) is 5.73 Å². The first-order valence-corrected chi connectivity index (χ1v) is 7.26. The quantitative estimate of drug-likeness (QED) is 0.904. The molecule has 0 aliphatic rings. The van der Waals surface area contributed by atoms with Crippen LogP contribution in [0.25, 0.3) is 0 Å². The molecule has 106 valence electrons. The van der Waals surface area contributed by atoms with E-state index in [1.807, 2.05) is 27.0 Å². The molecule has 2 N–H and O–H groups in total. The molecule has 1 amide bonds. The molecule has 0 fully saturated rings. The van der Waals surface area contributed by atoms with Crippen LogP contribution in [0.1, 0.15) is 31.4 Å². The fourth-order valence-corrected chi connectivity index (χ4v) is 2.26. The molecule has 1 aromatic carbocycles. The maximum atomic E-state index is 12.0. The third-order valence-electron chi connectivity index (χ3n) is 3.06. The first-order valence-electron chi connectivity index (χ1n) is 6.47. The van der Waals surface area contributed by atoms with Crippen molar-refractivity contribution >= 4 is 21.8 Å². The minimum atomic E-state index is -0.447. The summed E-state index contributed by atoms with van der Waals surface area (Å²) >= 11 is 3.47. The molecule has 0 saturated carbocycles. The summed E-state index contributed by atoms with van der Waals surface area (Å²) < 4.78 is 1.07. The number of aryl methyl sites for hydroxylation is 1. The van der Waals surface area contributed by atoms with E-state index in [1.165, 1.54) is 11.1 Å². The van der Waals surface area contributed by atoms with Gasteiger partial charge in [-0.2, -0.15) is 0 Å². The molecular weight excluding hydrogens is 304 g/mol. The minimum absolute atomic E-state index is 0.0974. The van der Waals surface area contributed by atoms with Crippen LogP contribution in [0.2, 0.25) is 0 Å². The van der Waals surface area contributed by atoms with Gasteiger partial charge in [0.1, 0.15) is 0 Å². The van der Waals surface area contributed by atoms with E-state index < -0.39 is 5.54 Å². The minimum Gasteiger partial charge on any atom is -0.345 e. The van der Waals surface area contributed by atoms with Crippen molar-refractivity contribution < 1.29 is 4.79 Å². The van der Waals surface area contributed by atoms with Gasteiger partial charge in [0.2, 0.25) is 5.91 Å². The van der Waals surface area contributed by atoms with E-state index in [0.29, 0.717) is 13.0 Å². The van der Waals surface area contributed by atoms with Gasteiger partial charge in [0.15, 0.2) is 0 Å². The highest BCUT2D eigenvalue weighted by Gasteiger charge is 2.19. The van der Waals surface area contributed by atoms with Crippen LogP contribution in [0, 0.1) is 6.92 Å². The van der Waals surface area contributed by atoms with Crippen LogP contribution >= 0.6 is 15.9 Å². The lowest BCUT2D eigenvalue weighted by Gasteiger charge is -2.23. The summed E-state index contributed by atoms with van der Waals surface area (Å²) in [6.45, 7) is 6.55. The summed E-state index contributed by atoms with van der Waals surface area (Å²) in [6.07, 6.45) is 1.24. The van der Waals surface area contributed by atoms with Crippen molar-refractivity contribution in [1.29, 1.82) is 0 Å². The lowest BCUT2D eigenvalue weighted by Crippen LogP contribution is -2.40. The van der Waals surface area contributed by atoms with Crippen molar-refractivity contribution in [3.05, 3.63) is 33.8 Å². The van der Waals surface area contributed by atoms with E-state index in [2.05, 4.69) is 35.0 Å². The van der Waals surface area contributed by atoms with Gasteiger partial charge in [0.05, 0.1) is 0 Å². The summed E-state index contributed by atoms with van der Waals surface area (Å²) in [5, 5.41) is 0. The Hall–Kier alpha value is -0.870. The van der Waals surface area contributed by atoms with Gasteiger partial charge >= 0.3 is 0 Å². The Morgan fingerprint density at radius 1 is 1.42 bits per heavy atom. The molecule has 1 rings (SSSR count). The van der Waals surface area contributed by atoms with Gasteiger partial charge in [-0.1, -0.05) is 22.0 Å². The molecule has 19 heavy (non-hydrogen) atoms. The molecule has 0 saturated heterocycles. The lowest BCUT2D eigenvalue weighted by molar-refractivity contribution is -0.130. The number of likely N-dealkylation sites (N-methyl/N-ethyl adjacent to an activating group) is 1. The lowest BCUT2D eigenvalue weighted by atomic mass is 10.0. The molecular formula is C15H23BrN2O. The molecule has 0 atom stereocenters. The van der Waals surface area contributed by atoms with E-state index in [9.17, 15) is 4.79 Å². The summed E-state index contributed by atoms with van der Waals surface area (Å²) in [5.74, 6) is 0.0974. The topological polar surface area (TPSA) is 46.3 Å². The van der Waals surface area contributed by atoms with Gasteiger partial charge in [0.25, 0.3) is 0 Å². The van der Waals surface area contributed by atoms with Crippen molar-refractivity contribution in [3.63, 3.8) is 0 Å². The number of nitrogens with two attached hydrogens (primary N) is 1. The molecule has 0 bridgehead atoms. The maximum absolute atomic E-state index is 12.0. The van der Waals surface area contributed by atoms with E-state index in [-0.39, 0.29) is 5.91 Å². The second kappa shape index (κ2) is 6.53. The van der Waals surface area contributed by atoms with E-state index in [1.54, 1.807) is 4.90 Å². The Morgan fingerprint density at radius 2 is 2.05 bits per heavy atom. The van der Waals surface area contributed by atoms with Gasteiger partial charge in [0, 0.05) is 30.0 Å². The number of benzene rings is 1. The average Bonchev–Trinajstić information content (AvgIpc) is 2.27. The number of hydrogen-bond donors (Lipinski definition) is 1. The summed E-state index contributed by atoms with van der Waals surface area (Å²) in [5.41, 5.74) is 7.94. The zero-order chi connectivity index (χ0) is 14.6. The summed E-state index contributed by atoms with van der Waals surface area (Å²) in [6, 6.07) is 6.23. The van der Waals surface area contributed by atoms with Gasteiger partial charge in [-0.15, -0.1) is 0 Å². The first kappa shape index (κ1) is 16.2. The molecule has 0 spiro atoms. The highest BCUT2D eigenvalue weighted by Crippen LogP contribution is 2.17. The molecule has 0 radical (unpaired) electrons. The number of nitrogens with zero attached hydrogens (tertiary/aromatic N) is 1. The molecule has 3 nitrogen and oxygen atoms in total. The summed E-state index contributed by atoms with van der Waals surface area (Å²) in [4.78, 5) is 13.7. The standard InChI is InChI=1S/C15H23BrN2O/c1-11-5-6-13(16)9-12(11)7-8-18(4)14(19)10-15(2,3)17/h5-6,9H,7-8,10,17H2,1-4H3. The van der Waals surface area contributed by atoms with Crippen molar-refractivity contribution in [2.45, 2.75) is 39.2 Å². The summed E-state index contributed by atoms with van der Waals surface area (Å²) in [7, 11) is 1.83. The Morgan fingerprint density at radius 3 is 2.63 bits per heavy atom. The molecule has 0 aromatic heterocycles. The van der Waals surface area contributed by atoms with Crippen LogP contribution in [0.3, 0.4) is 0 Å². The van der Waals surface area contributed by atoms with Crippen molar-refractivity contribution in [2.75, 3.05) is 13.6 Å². The number of rotatable bonds is 5. The largest absolute Gasteiger partial charge is 0.345 e. The van der Waals surface area contributed by atoms with Crippen LogP contribution in [-0.2, 0) is 11.2 Å². The second-order valence-corrected chi connectivity index (χ2v) is 6.72. The van der Waals surface area contributed by atoms with Crippen molar-refractivity contribution in [3.8, 4) is 0 Å². The van der Waals surface area contributed by atoms with Gasteiger partial charge < -0.3 is 10.6 Å². The number of carbonyl (C=O) groups excluding carboxylic acids is 1. The number of carbonyl (C=O) groups is 1. The normalized spacial score (nSPS) is 11.5. The zero-order valence-electron chi connectivity index (χ0n) is 12.2. The van der Waals surface area contributed by atoms with E-state index >= 15 is 0 Å². The monoisotopic (exact) mass is 326 g/mol. The molecule has 0 heterocycles. The molecule has 0 aliphatic heterocycles. The predicted octanol–water partition coefficient (Wildman–Crippen LogP) is 2.89. The average molecular weight is 327 g/mol. The third-order valence-corrected chi connectivity index (χ3v) is 3.55.